The maximum Gasteiger partial charge on any atom is 0.253 e. The Bertz CT molecular complexity index is 456. The van der Waals surface area contributed by atoms with Crippen LogP contribution < -0.4 is 0 Å². The molecular weight excluding hydrogens is 349 g/mol. The fraction of sp³-hybridized carbons (Fsp3) is 0.562. The van der Waals surface area contributed by atoms with E-state index in [2.05, 4.69) is 27.5 Å². The van der Waals surface area contributed by atoms with Crippen LogP contribution in [0.4, 0.5) is 0 Å². The molecule has 0 radical (unpaired) electrons. The molecule has 2 nitrogen and oxygen atoms in total. The van der Waals surface area contributed by atoms with Gasteiger partial charge in [0, 0.05) is 22.2 Å². The van der Waals surface area contributed by atoms with Crippen LogP contribution in [-0.4, -0.2) is 23.9 Å². The first-order valence-corrected chi connectivity index (χ1v) is 8.37. The molecule has 19 heavy (non-hydrogen) atoms. The van der Waals surface area contributed by atoms with Crippen molar-refractivity contribution in [3.8, 4) is 0 Å². The Morgan fingerprint density at radius 2 is 1.74 bits per heavy atom. The summed E-state index contributed by atoms with van der Waals surface area (Å²) in [7, 11) is 0. The zero-order chi connectivity index (χ0) is 13.2. The van der Waals surface area contributed by atoms with E-state index in [9.17, 15) is 4.79 Å². The highest BCUT2D eigenvalue weighted by molar-refractivity contribution is 14.1. The summed E-state index contributed by atoms with van der Waals surface area (Å²) < 4.78 is 1.18. The first-order chi connectivity index (χ1) is 9.24. The van der Waals surface area contributed by atoms with Gasteiger partial charge in [-0.3, -0.25) is 4.79 Å². The molecule has 1 amide bonds. The summed E-state index contributed by atoms with van der Waals surface area (Å²) in [5, 5.41) is 0. The van der Waals surface area contributed by atoms with E-state index in [4.69, 9.17) is 0 Å². The molecule has 0 N–H and O–H groups in total. The molecule has 1 saturated heterocycles. The first kappa shape index (κ1) is 13.4. The highest BCUT2D eigenvalue weighted by Gasteiger charge is 2.33. The Morgan fingerprint density at radius 3 is 2.47 bits per heavy atom. The maximum absolute atomic E-state index is 12.5. The van der Waals surface area contributed by atoms with Gasteiger partial charge in [0.2, 0.25) is 0 Å². The second-order valence-electron chi connectivity index (χ2n) is 5.85. The third-order valence-corrected chi connectivity index (χ3v) is 5.39. The van der Waals surface area contributed by atoms with Gasteiger partial charge in [0.15, 0.2) is 0 Å². The largest absolute Gasteiger partial charge is 0.338 e. The molecule has 2 aliphatic rings. The zero-order valence-electron chi connectivity index (χ0n) is 11.1. The molecule has 2 atom stereocenters. The summed E-state index contributed by atoms with van der Waals surface area (Å²) in [5.41, 5.74) is 0.842. The molecule has 1 aliphatic carbocycles. The number of hydrogen-bond donors (Lipinski definition) is 0. The predicted octanol–water partition coefficient (Wildman–Crippen LogP) is 3.94. The van der Waals surface area contributed by atoms with Gasteiger partial charge in [-0.15, -0.1) is 0 Å². The lowest BCUT2D eigenvalue weighted by atomic mass is 9.75. The number of benzene rings is 1. The molecule has 0 spiro atoms. The Labute approximate surface area is 128 Å². The van der Waals surface area contributed by atoms with Gasteiger partial charge in [-0.2, -0.15) is 0 Å². The van der Waals surface area contributed by atoms with E-state index in [0.29, 0.717) is 0 Å². The first-order valence-electron chi connectivity index (χ1n) is 7.29. The Kier molecular flexibility index (Phi) is 4.10. The van der Waals surface area contributed by atoms with Gasteiger partial charge in [-0.25, -0.2) is 0 Å². The minimum atomic E-state index is 0.223. The second kappa shape index (κ2) is 5.81. The van der Waals surface area contributed by atoms with Gasteiger partial charge in [-0.05, 0) is 71.5 Å². The number of likely N-dealkylation sites (tertiary alicyclic amines) is 1. The predicted molar refractivity (Wildman–Crippen MR) is 85.1 cm³/mol. The van der Waals surface area contributed by atoms with E-state index in [-0.39, 0.29) is 5.91 Å². The topological polar surface area (TPSA) is 20.3 Å². The highest BCUT2D eigenvalue weighted by atomic mass is 127. The SMILES string of the molecule is O=C(c1ccc(I)cc1)N1CCC2CCCCC2C1. The molecule has 0 aromatic heterocycles. The smallest absolute Gasteiger partial charge is 0.253 e. The molecule has 3 rings (SSSR count). The van der Waals surface area contributed by atoms with Crippen molar-refractivity contribution in [3.05, 3.63) is 33.4 Å². The van der Waals surface area contributed by atoms with Crippen LogP contribution in [0.15, 0.2) is 24.3 Å². The quantitative estimate of drug-likeness (QED) is 0.687. The summed E-state index contributed by atoms with van der Waals surface area (Å²) in [4.78, 5) is 14.6. The van der Waals surface area contributed by atoms with E-state index in [1.54, 1.807) is 0 Å². The Balaban J connectivity index is 1.69. The molecule has 102 valence electrons. The zero-order valence-corrected chi connectivity index (χ0v) is 13.3. The van der Waals surface area contributed by atoms with E-state index in [1.165, 1.54) is 35.7 Å². The van der Waals surface area contributed by atoms with Crippen molar-refractivity contribution in [1.82, 2.24) is 4.90 Å². The molecule has 2 unspecified atom stereocenters. The van der Waals surface area contributed by atoms with Crippen molar-refractivity contribution in [1.29, 1.82) is 0 Å². The van der Waals surface area contributed by atoms with Crippen molar-refractivity contribution in [3.63, 3.8) is 0 Å². The minimum Gasteiger partial charge on any atom is -0.338 e. The lowest BCUT2D eigenvalue weighted by Crippen LogP contribution is -2.44. The van der Waals surface area contributed by atoms with Gasteiger partial charge in [0.1, 0.15) is 0 Å². The lowest BCUT2D eigenvalue weighted by molar-refractivity contribution is 0.0521. The van der Waals surface area contributed by atoms with Crippen LogP contribution in [0.1, 0.15) is 42.5 Å². The number of piperidine rings is 1. The molecule has 3 heteroatoms. The number of halogens is 1. The van der Waals surface area contributed by atoms with Gasteiger partial charge in [0.25, 0.3) is 5.91 Å². The average molecular weight is 369 g/mol. The number of fused-ring (bicyclic) bond motifs is 1. The molecule has 1 aliphatic heterocycles. The van der Waals surface area contributed by atoms with E-state index in [1.807, 2.05) is 24.3 Å². The summed E-state index contributed by atoms with van der Waals surface area (Å²) >= 11 is 2.27. The molecule has 0 bridgehead atoms. The van der Waals surface area contributed by atoms with Gasteiger partial charge >= 0.3 is 0 Å². The van der Waals surface area contributed by atoms with Crippen LogP contribution >= 0.6 is 22.6 Å². The average Bonchev–Trinajstić information content (AvgIpc) is 2.47. The monoisotopic (exact) mass is 369 g/mol. The van der Waals surface area contributed by atoms with Crippen molar-refractivity contribution < 1.29 is 4.79 Å². The molecular formula is C16H20INO. The number of carbonyl (C=O) groups excluding carboxylic acids is 1. The third-order valence-electron chi connectivity index (χ3n) is 4.67. The number of rotatable bonds is 1. The number of amides is 1. The minimum absolute atomic E-state index is 0.223. The van der Waals surface area contributed by atoms with E-state index in [0.717, 1.165) is 30.5 Å². The van der Waals surface area contributed by atoms with E-state index >= 15 is 0 Å². The fourth-order valence-electron chi connectivity index (χ4n) is 3.56. The number of nitrogens with zero attached hydrogens (tertiary/aromatic N) is 1. The van der Waals surface area contributed by atoms with Crippen molar-refractivity contribution >= 4 is 28.5 Å². The van der Waals surface area contributed by atoms with Crippen LogP contribution in [0, 0.1) is 15.4 Å². The highest BCUT2D eigenvalue weighted by Crippen LogP contribution is 2.36. The second-order valence-corrected chi connectivity index (χ2v) is 7.10. The fourth-order valence-corrected chi connectivity index (χ4v) is 3.92. The summed E-state index contributed by atoms with van der Waals surface area (Å²) in [5.74, 6) is 1.87. The maximum atomic E-state index is 12.5. The molecule has 2 fully saturated rings. The Morgan fingerprint density at radius 1 is 1.05 bits per heavy atom. The molecule has 1 saturated carbocycles. The van der Waals surface area contributed by atoms with Gasteiger partial charge in [0.05, 0.1) is 0 Å². The third kappa shape index (κ3) is 2.96. The summed E-state index contributed by atoms with van der Waals surface area (Å²) in [6.45, 7) is 1.93. The summed E-state index contributed by atoms with van der Waals surface area (Å²) in [6.07, 6.45) is 6.66. The summed E-state index contributed by atoms with van der Waals surface area (Å²) in [6, 6.07) is 7.94. The lowest BCUT2D eigenvalue weighted by Gasteiger charge is -2.41. The van der Waals surface area contributed by atoms with Gasteiger partial charge in [-0.1, -0.05) is 19.3 Å². The van der Waals surface area contributed by atoms with Crippen LogP contribution in [0.2, 0.25) is 0 Å². The van der Waals surface area contributed by atoms with Crippen molar-refractivity contribution in [2.45, 2.75) is 32.1 Å². The normalized spacial score (nSPS) is 26.9. The van der Waals surface area contributed by atoms with Crippen LogP contribution in [0.5, 0.6) is 0 Å². The number of hydrogen-bond acceptors (Lipinski definition) is 1. The van der Waals surface area contributed by atoms with E-state index < -0.39 is 0 Å². The van der Waals surface area contributed by atoms with Crippen LogP contribution in [0.25, 0.3) is 0 Å². The Hall–Kier alpha value is -0.580. The number of carbonyl (C=O) groups is 1. The molecule has 1 aromatic rings. The standard InChI is InChI=1S/C16H20INO/c17-15-7-5-13(6-8-15)16(19)18-10-9-12-3-1-2-4-14(12)11-18/h5-8,12,14H,1-4,9-11H2. The van der Waals surface area contributed by atoms with Crippen molar-refractivity contribution in [2.75, 3.05) is 13.1 Å². The van der Waals surface area contributed by atoms with Crippen molar-refractivity contribution in [2.24, 2.45) is 11.8 Å². The van der Waals surface area contributed by atoms with Gasteiger partial charge < -0.3 is 4.90 Å². The van der Waals surface area contributed by atoms with Crippen LogP contribution in [0.3, 0.4) is 0 Å². The van der Waals surface area contributed by atoms with Crippen LogP contribution in [-0.2, 0) is 0 Å². The molecule has 1 heterocycles. The molecule has 1 aromatic carbocycles.